The van der Waals surface area contributed by atoms with Gasteiger partial charge in [-0.05, 0) is 70.6 Å². The van der Waals surface area contributed by atoms with Gasteiger partial charge in [-0.1, -0.05) is 152 Å². The molecule has 9 nitrogen and oxygen atoms in total. The lowest BCUT2D eigenvalue weighted by atomic mass is 10.1. The maximum Gasteiger partial charge on any atom is 0.472 e. The van der Waals surface area contributed by atoms with Crippen LogP contribution in [0.15, 0.2) is 48.6 Å². The number of likely N-dealkylation sites (N-methyl/N-ethyl adjacent to an activating group) is 1. The molecule has 0 heterocycles. The molecule has 0 aromatic rings. The Morgan fingerprint density at radius 1 is 0.561 bits per heavy atom. The molecule has 1 N–H and O–H groups in total. The Bertz CT molecular complexity index is 1110. The van der Waals surface area contributed by atoms with Crippen molar-refractivity contribution in [1.29, 1.82) is 0 Å². The molecule has 0 aliphatic carbocycles. The van der Waals surface area contributed by atoms with Crippen molar-refractivity contribution in [1.82, 2.24) is 0 Å². The summed E-state index contributed by atoms with van der Waals surface area (Å²) in [6, 6.07) is 0. The third-order valence-corrected chi connectivity index (χ3v) is 10.6. The summed E-state index contributed by atoms with van der Waals surface area (Å²) in [4.78, 5) is 35.4. The number of carbonyl (C=O) groups is 2. The number of quaternary nitrogens is 1. The number of rotatable bonds is 41. The zero-order valence-corrected chi connectivity index (χ0v) is 38.2. The Morgan fingerprint density at radius 3 is 1.51 bits per heavy atom. The number of allylic oxidation sites excluding steroid dienone is 8. The van der Waals surface area contributed by atoms with E-state index in [0.717, 1.165) is 83.5 Å². The van der Waals surface area contributed by atoms with E-state index >= 15 is 0 Å². The second-order valence-electron chi connectivity index (χ2n) is 16.4. The van der Waals surface area contributed by atoms with Crippen molar-refractivity contribution in [2.75, 3.05) is 47.5 Å². The summed E-state index contributed by atoms with van der Waals surface area (Å²) in [6.45, 7) is 4.29. The Kier molecular flexibility index (Phi) is 38.0. The van der Waals surface area contributed by atoms with E-state index in [-0.39, 0.29) is 32.0 Å². The highest BCUT2D eigenvalue weighted by Gasteiger charge is 2.27. The van der Waals surface area contributed by atoms with Crippen molar-refractivity contribution in [3.05, 3.63) is 48.6 Å². The quantitative estimate of drug-likeness (QED) is 0.0213. The predicted octanol–water partition coefficient (Wildman–Crippen LogP) is 13.1. The molecule has 0 aliphatic heterocycles. The molecule has 0 saturated carbocycles. The normalized spacial score (nSPS) is 14.0. The second-order valence-corrected chi connectivity index (χ2v) is 17.9. The molecule has 0 aliphatic rings. The summed E-state index contributed by atoms with van der Waals surface area (Å²) in [7, 11) is 1.46. The van der Waals surface area contributed by atoms with Gasteiger partial charge in [0.1, 0.15) is 19.8 Å². The van der Waals surface area contributed by atoms with E-state index in [2.05, 4.69) is 62.5 Å². The van der Waals surface area contributed by atoms with Gasteiger partial charge in [-0.15, -0.1) is 0 Å². The van der Waals surface area contributed by atoms with Crippen LogP contribution in [0, 0.1) is 0 Å². The molecule has 332 valence electrons. The van der Waals surface area contributed by atoms with Crippen molar-refractivity contribution < 1.29 is 42.1 Å². The molecule has 0 bridgehead atoms. The van der Waals surface area contributed by atoms with Crippen LogP contribution in [-0.2, 0) is 32.7 Å². The lowest BCUT2D eigenvalue weighted by Crippen LogP contribution is -2.37. The average Bonchev–Trinajstić information content (AvgIpc) is 3.16. The Hall–Kier alpha value is -2.03. The number of esters is 2. The molecule has 0 saturated heterocycles. The Labute approximate surface area is 350 Å². The minimum Gasteiger partial charge on any atom is -0.462 e. The molecule has 0 amide bonds. The smallest absolute Gasteiger partial charge is 0.462 e. The fourth-order valence-electron chi connectivity index (χ4n) is 6.02. The lowest BCUT2D eigenvalue weighted by molar-refractivity contribution is -0.870. The number of phosphoric ester groups is 1. The fraction of sp³-hybridized carbons (Fsp3) is 0.787. The van der Waals surface area contributed by atoms with Gasteiger partial charge in [-0.25, -0.2) is 4.57 Å². The maximum atomic E-state index is 12.7. The number of unbranched alkanes of at least 4 members (excludes halogenated alkanes) is 19. The van der Waals surface area contributed by atoms with Gasteiger partial charge < -0.3 is 18.9 Å². The number of ether oxygens (including phenoxy) is 2. The van der Waals surface area contributed by atoms with Crippen molar-refractivity contribution in [3.63, 3.8) is 0 Å². The van der Waals surface area contributed by atoms with Crippen LogP contribution in [0.5, 0.6) is 0 Å². The monoisotopic (exact) mass is 825 g/mol. The van der Waals surface area contributed by atoms with Crippen molar-refractivity contribution in [3.8, 4) is 0 Å². The van der Waals surface area contributed by atoms with E-state index in [9.17, 15) is 19.0 Å². The van der Waals surface area contributed by atoms with E-state index in [0.29, 0.717) is 17.4 Å². The number of carbonyl (C=O) groups excluding carboxylic acids is 2. The molecule has 0 aromatic carbocycles. The second kappa shape index (κ2) is 39.4. The molecule has 2 unspecified atom stereocenters. The van der Waals surface area contributed by atoms with Crippen molar-refractivity contribution in [2.45, 2.75) is 193 Å². The first kappa shape index (κ1) is 55.0. The first-order chi connectivity index (χ1) is 27.5. The average molecular weight is 825 g/mol. The number of hydrogen-bond donors (Lipinski definition) is 1. The molecule has 10 heteroatoms. The van der Waals surface area contributed by atoms with Gasteiger partial charge in [0.15, 0.2) is 6.10 Å². The minimum absolute atomic E-state index is 0.0270. The Morgan fingerprint density at radius 2 is 1.00 bits per heavy atom. The summed E-state index contributed by atoms with van der Waals surface area (Å²) in [5.74, 6) is -0.819. The van der Waals surface area contributed by atoms with Gasteiger partial charge in [-0.3, -0.25) is 18.6 Å². The van der Waals surface area contributed by atoms with Gasteiger partial charge in [-0.2, -0.15) is 0 Å². The topological polar surface area (TPSA) is 108 Å². The first-order valence-electron chi connectivity index (χ1n) is 22.9. The van der Waals surface area contributed by atoms with Crippen LogP contribution in [0.1, 0.15) is 187 Å². The number of nitrogens with zero attached hydrogens (tertiary/aromatic N) is 1. The van der Waals surface area contributed by atoms with E-state index in [1.165, 1.54) is 70.6 Å². The lowest BCUT2D eigenvalue weighted by Gasteiger charge is -2.24. The molecule has 0 rings (SSSR count). The highest BCUT2D eigenvalue weighted by Crippen LogP contribution is 2.43. The first-order valence-corrected chi connectivity index (χ1v) is 24.4. The van der Waals surface area contributed by atoms with Gasteiger partial charge in [0.2, 0.25) is 0 Å². The van der Waals surface area contributed by atoms with E-state index < -0.39 is 26.5 Å². The molecule has 0 spiro atoms. The van der Waals surface area contributed by atoms with Gasteiger partial charge in [0, 0.05) is 12.8 Å². The summed E-state index contributed by atoms with van der Waals surface area (Å²) < 4.78 is 34.3. The molecule has 2 atom stereocenters. The zero-order valence-electron chi connectivity index (χ0n) is 37.3. The third kappa shape index (κ3) is 43.4. The van der Waals surface area contributed by atoms with E-state index in [4.69, 9.17) is 18.5 Å². The SMILES string of the molecule is CC/C=C\C/C=C\C/C=C\CCCCCCCCCC(=O)OC(COC(=O)CCCCCCC/C=C\CCCCCCCCC)COP(=O)(O)OCC[N+](C)(C)C. The van der Waals surface area contributed by atoms with E-state index in [1.807, 2.05) is 21.1 Å². The summed E-state index contributed by atoms with van der Waals surface area (Å²) in [5, 5.41) is 0. The summed E-state index contributed by atoms with van der Waals surface area (Å²) >= 11 is 0. The molecule has 0 radical (unpaired) electrons. The van der Waals surface area contributed by atoms with Crippen LogP contribution in [0.3, 0.4) is 0 Å². The molecule has 0 aromatic heterocycles. The molecule has 0 fully saturated rings. The highest BCUT2D eigenvalue weighted by atomic mass is 31.2. The van der Waals surface area contributed by atoms with Crippen LogP contribution in [0.4, 0.5) is 0 Å². The van der Waals surface area contributed by atoms with Crippen LogP contribution in [-0.4, -0.2) is 74.9 Å². The number of phosphoric acid groups is 1. The fourth-order valence-corrected chi connectivity index (χ4v) is 6.76. The molecular weight excluding hydrogens is 737 g/mol. The van der Waals surface area contributed by atoms with Crippen LogP contribution in [0.25, 0.3) is 0 Å². The highest BCUT2D eigenvalue weighted by molar-refractivity contribution is 7.47. The van der Waals surface area contributed by atoms with Gasteiger partial charge >= 0.3 is 19.8 Å². The van der Waals surface area contributed by atoms with Crippen LogP contribution in [0.2, 0.25) is 0 Å². The summed E-state index contributed by atoms with van der Waals surface area (Å²) in [5.41, 5.74) is 0. The third-order valence-electron chi connectivity index (χ3n) is 9.59. The van der Waals surface area contributed by atoms with E-state index in [1.54, 1.807) is 0 Å². The predicted molar refractivity (Wildman–Crippen MR) is 238 cm³/mol. The van der Waals surface area contributed by atoms with Gasteiger partial charge in [0.05, 0.1) is 27.7 Å². The van der Waals surface area contributed by atoms with Crippen molar-refractivity contribution in [2.24, 2.45) is 0 Å². The maximum absolute atomic E-state index is 12.7. The van der Waals surface area contributed by atoms with Crippen LogP contribution >= 0.6 is 7.82 Å². The number of hydrogen-bond acceptors (Lipinski definition) is 7. The summed E-state index contributed by atoms with van der Waals surface area (Å²) in [6.07, 6.45) is 45.8. The Balaban J connectivity index is 4.36. The largest absolute Gasteiger partial charge is 0.472 e. The van der Waals surface area contributed by atoms with Crippen molar-refractivity contribution >= 4 is 19.8 Å². The molecule has 57 heavy (non-hydrogen) atoms. The van der Waals surface area contributed by atoms with Gasteiger partial charge in [0.25, 0.3) is 0 Å². The standard InChI is InChI=1S/C47H86NO8P/c1-6-8-10-12-14-16-18-20-22-24-26-28-30-32-34-36-38-40-47(50)56-45(44-55-57(51,52)54-42-41-48(3,4)5)43-53-46(49)39-37-35-33-31-29-27-25-23-21-19-17-15-13-11-9-7-2/h8,10,14,16,20,22-23,25,45H,6-7,9,11-13,15,17-19,21,24,26-44H2,1-5H3/p+1/b10-8-,16-14-,22-20-,25-23-. The minimum atomic E-state index is -4.38. The molecular formula is C47H87NO8P+. The van der Waals surface area contributed by atoms with Crippen LogP contribution < -0.4 is 0 Å². The zero-order chi connectivity index (χ0) is 42.1.